The number of aliphatic hydroxyl groups is 3. The minimum absolute atomic E-state index is 0.0285. The molecule has 93 heavy (non-hydrogen) atoms. The van der Waals surface area contributed by atoms with Crippen LogP contribution in [0.15, 0.2) is 58.5 Å². The van der Waals surface area contributed by atoms with Crippen molar-refractivity contribution in [3.05, 3.63) is 82.2 Å². The zero-order valence-electron chi connectivity index (χ0n) is 51.1. The van der Waals surface area contributed by atoms with Gasteiger partial charge in [-0.2, -0.15) is 16.8 Å². The number of nitrogens with one attached hydrogen (secondary N) is 1. The third-order valence-corrected chi connectivity index (χ3v) is 24.8. The van der Waals surface area contributed by atoms with Crippen LogP contribution in [0, 0.1) is 57.7 Å². The Labute approximate surface area is 530 Å². The van der Waals surface area contributed by atoms with Crippen LogP contribution in [-0.4, -0.2) is 158 Å². The first-order valence-electron chi connectivity index (χ1n) is 30.5. The third-order valence-electron chi connectivity index (χ3n) is 22.9. The molecule has 30 nitrogen and oxygen atoms in total. The normalized spacial score (nSPS) is 38.8. The number of carbonyl (C=O) groups is 6. The van der Waals surface area contributed by atoms with Crippen molar-refractivity contribution in [3.63, 3.8) is 0 Å². The summed E-state index contributed by atoms with van der Waals surface area (Å²) >= 11 is 0. The number of anilines is 2. The number of aromatic nitrogens is 3. The van der Waals surface area contributed by atoms with Crippen LogP contribution in [0.2, 0.25) is 0 Å². The fourth-order valence-corrected chi connectivity index (χ4v) is 20.5. The van der Waals surface area contributed by atoms with Crippen LogP contribution in [0.1, 0.15) is 117 Å². The van der Waals surface area contributed by atoms with Gasteiger partial charge in [0.15, 0.2) is 32.5 Å². The lowest BCUT2D eigenvalue weighted by Crippen LogP contribution is -2.76. The Balaban J connectivity index is 0.706. The van der Waals surface area contributed by atoms with Crippen LogP contribution in [0.5, 0.6) is 11.5 Å². The number of epoxide rings is 2. The van der Waals surface area contributed by atoms with E-state index >= 15 is 0 Å². The Kier molecular flexibility index (Phi) is 13.8. The predicted octanol–water partition coefficient (Wildman–Crippen LogP) is 1.41. The molecule has 3 saturated heterocycles. The molecular formula is C61H69N7O23S2. The van der Waals surface area contributed by atoms with Gasteiger partial charge in [0.2, 0.25) is 5.79 Å². The number of nitrogen functional groups attached to an aromatic ring is 2. The second-order valence-corrected chi connectivity index (χ2v) is 30.1. The fourth-order valence-electron chi connectivity index (χ4n) is 19.0. The van der Waals surface area contributed by atoms with E-state index in [0.29, 0.717) is 18.5 Å². The Morgan fingerprint density at radius 1 is 0.806 bits per heavy atom. The van der Waals surface area contributed by atoms with Crippen molar-refractivity contribution in [2.24, 2.45) is 63.4 Å². The van der Waals surface area contributed by atoms with Crippen molar-refractivity contribution in [1.29, 1.82) is 0 Å². The zero-order valence-corrected chi connectivity index (χ0v) is 52.7. The highest BCUT2D eigenvalue weighted by Gasteiger charge is 2.93. The number of rotatable bonds is 13. The third kappa shape index (κ3) is 8.43. The number of hydrogen-bond acceptors (Lipinski definition) is 26. The number of esters is 5. The topological polar surface area (TPSA) is 473 Å². The molecule has 5 saturated carbocycles. The SMILES string of the molecule is CC(=O)O[C@H]1C2C([C@@H](O)[C@@H](N)[C@H]3C[C@@H]4O[C@@H]4[C@H](O)[C@]23C)[C@@H]2[C@@H](OC(=O)CCCCn3cc(CNC(=O)c4ccc5c(c4)C(=O)OC54c5ccc(N)c(S(=O)(=O)O)c5Oc5c4ccc(N)c5S(=O)(=O)O)nn3)[C@@H]3[C@H]([C@H](C)[C@H]4O[C@]45OC(=O)[C@@](C)(O)[C@]35C)[C@@]2(C)[C@H]1OC(C)=O. The van der Waals surface area contributed by atoms with Gasteiger partial charge in [-0.1, -0.05) is 32.1 Å². The molecule has 3 aromatic carbocycles. The summed E-state index contributed by atoms with van der Waals surface area (Å²) in [5.41, 5.74) is 8.77. The first-order valence-corrected chi connectivity index (χ1v) is 33.4. The van der Waals surface area contributed by atoms with Crippen molar-refractivity contribution < 1.29 is 108 Å². The molecule has 1 aromatic heterocycles. The first-order chi connectivity index (χ1) is 43.5. The summed E-state index contributed by atoms with van der Waals surface area (Å²) in [5.74, 6) is -14.0. The molecule has 6 heterocycles. The van der Waals surface area contributed by atoms with E-state index in [1.165, 1.54) is 55.8 Å². The molecule has 12 N–H and O–H groups in total. The van der Waals surface area contributed by atoms with Crippen molar-refractivity contribution in [2.45, 2.75) is 169 Å². The molecule has 1 amide bonds. The largest absolute Gasteiger partial charge is 0.462 e. The van der Waals surface area contributed by atoms with Gasteiger partial charge in [-0.3, -0.25) is 33.0 Å². The standard InChI is InChI=1S/C61H69N7O23S2/c1-22-37-40(58(6)59(7,77)55(76)91-61(58)51(22)89-61)46(38-36-39(47(84-23(2)69)52(57(37,38)5)85-24(3)70)56(4)31(41(64)42(36)72)19-34-45(86-34)50(56)73)87-35(71)10-8-9-17-68-21-26(66-67-68)20-65-53(74)25-11-12-28-27(18-25)54(75)90-60(28)29-13-15-32(62)48(92(78,79)80)43(29)88-44-30(60)14-16-33(63)49(44)93(81,82)83/h11-16,18,21-22,31,34,36-42,45-47,50-52,72-73,77H,8-10,17,19-20,62-64H2,1-7H3,(H,65,74)(H,78,79,80)(H,81,82,83)/t22-,31+,34-,36?,37-,38+,39?,40-,41-,42+,45-,46+,47-,50-,51+,52-,56-,57+,58-,59+,61-/m0/s1. The van der Waals surface area contributed by atoms with Gasteiger partial charge in [0.05, 0.1) is 53.4 Å². The Morgan fingerprint density at radius 2 is 1.43 bits per heavy atom. The summed E-state index contributed by atoms with van der Waals surface area (Å²) < 4.78 is 123. The summed E-state index contributed by atoms with van der Waals surface area (Å²) in [4.78, 5) is 81.5. The van der Waals surface area contributed by atoms with E-state index in [1.54, 1.807) is 13.1 Å². The van der Waals surface area contributed by atoms with E-state index in [4.69, 9.17) is 55.1 Å². The van der Waals surface area contributed by atoms with E-state index in [9.17, 15) is 70.0 Å². The average molecular weight is 1330 g/mol. The summed E-state index contributed by atoms with van der Waals surface area (Å²) in [6, 6.07) is 7.49. The predicted molar refractivity (Wildman–Crippen MR) is 311 cm³/mol. The number of ether oxygens (including phenoxy) is 8. The smallest absolute Gasteiger partial charge is 0.341 e. The molecule has 10 aliphatic rings. The number of carbonyl (C=O) groups excluding carboxylic acids is 6. The number of benzene rings is 3. The molecule has 0 bridgehead atoms. The summed E-state index contributed by atoms with van der Waals surface area (Å²) in [5, 5.41) is 48.9. The first kappa shape index (κ1) is 63.0. The molecule has 2 unspecified atom stereocenters. The fraction of sp³-hybridized carbons (Fsp3) is 0.574. The number of aliphatic hydroxyl groups excluding tert-OH is 2. The summed E-state index contributed by atoms with van der Waals surface area (Å²) in [6.45, 7) is 11.0. The van der Waals surface area contributed by atoms with Crippen molar-refractivity contribution in [1.82, 2.24) is 20.3 Å². The number of nitrogens with zero attached hydrogens (tertiary/aromatic N) is 3. The van der Waals surface area contributed by atoms with Crippen LogP contribution in [0.3, 0.4) is 0 Å². The maximum atomic E-state index is 14.8. The maximum absolute atomic E-state index is 14.8. The second-order valence-electron chi connectivity index (χ2n) is 27.4. The molecule has 14 rings (SSSR count). The van der Waals surface area contributed by atoms with Gasteiger partial charge in [-0.05, 0) is 87.3 Å². The van der Waals surface area contributed by atoms with E-state index in [2.05, 4.69) is 15.6 Å². The molecule has 5 aliphatic heterocycles. The van der Waals surface area contributed by atoms with Crippen LogP contribution < -0.4 is 27.3 Å². The van der Waals surface area contributed by atoms with Gasteiger partial charge in [0.1, 0.15) is 36.2 Å². The van der Waals surface area contributed by atoms with E-state index in [1.807, 2.05) is 20.8 Å². The highest BCUT2D eigenvalue weighted by atomic mass is 32.2. The lowest BCUT2D eigenvalue weighted by Gasteiger charge is -2.67. The molecule has 2 spiro atoms. The van der Waals surface area contributed by atoms with Crippen LogP contribution in [0.25, 0.3) is 0 Å². The van der Waals surface area contributed by atoms with Crippen LogP contribution >= 0.6 is 0 Å². The van der Waals surface area contributed by atoms with E-state index in [0.717, 1.165) is 12.1 Å². The minimum atomic E-state index is -5.24. The van der Waals surface area contributed by atoms with Crippen molar-refractivity contribution >= 4 is 67.4 Å². The highest BCUT2D eigenvalue weighted by molar-refractivity contribution is 7.86. The quantitative estimate of drug-likeness (QED) is 0.0228. The maximum Gasteiger partial charge on any atom is 0.341 e. The van der Waals surface area contributed by atoms with Crippen LogP contribution in [-0.2, 0) is 91.3 Å². The lowest BCUT2D eigenvalue weighted by molar-refractivity contribution is -0.284. The molecule has 32 heteroatoms. The Hall–Kier alpha value is -7.40. The highest BCUT2D eigenvalue weighted by Crippen LogP contribution is 2.81. The van der Waals surface area contributed by atoms with Gasteiger partial charge in [-0.15, -0.1) is 5.10 Å². The molecular weight excluding hydrogens is 1260 g/mol. The van der Waals surface area contributed by atoms with Crippen molar-refractivity contribution in [3.8, 4) is 11.5 Å². The average Bonchev–Trinajstić information content (AvgIpc) is 1.45. The lowest BCUT2D eigenvalue weighted by atomic mass is 9.40. The van der Waals surface area contributed by atoms with E-state index in [-0.39, 0.29) is 59.9 Å². The van der Waals surface area contributed by atoms with Crippen LogP contribution in [0.4, 0.5) is 11.4 Å². The number of unbranched alkanes of at least 4 members (excludes halogenated alkanes) is 1. The molecule has 21 atom stereocenters. The van der Waals surface area contributed by atoms with Gasteiger partial charge in [0, 0.05) is 89.6 Å². The molecule has 8 fully saturated rings. The molecule has 0 radical (unpaired) electrons. The van der Waals surface area contributed by atoms with Gasteiger partial charge >= 0.3 is 29.8 Å². The van der Waals surface area contributed by atoms with Gasteiger partial charge in [-0.25, -0.2) is 9.59 Å². The zero-order chi connectivity index (χ0) is 66.9. The number of amides is 1. The van der Waals surface area contributed by atoms with Gasteiger partial charge < -0.3 is 75.7 Å². The number of aryl methyl sites for hydroxylation is 1. The van der Waals surface area contributed by atoms with Crippen molar-refractivity contribution in [2.75, 3.05) is 11.5 Å². The molecule has 4 aromatic rings. The summed E-state index contributed by atoms with van der Waals surface area (Å²) in [6.07, 6.45) is -5.92. The number of hydrogen-bond donors (Lipinski definition) is 9. The van der Waals surface area contributed by atoms with E-state index < -0.39 is 212 Å². The molecule has 498 valence electrons. The van der Waals surface area contributed by atoms with Gasteiger partial charge in [0.25, 0.3) is 26.1 Å². The number of fused-ring (bicyclic) bond motifs is 15. The monoisotopic (exact) mass is 1330 g/mol. The minimum Gasteiger partial charge on any atom is -0.462 e. The Bertz CT molecular complexity index is 4130. The second kappa shape index (κ2) is 20.3. The number of nitrogens with two attached hydrogens (primary N) is 3. The Morgan fingerprint density at radius 3 is 2.05 bits per heavy atom. The summed E-state index contributed by atoms with van der Waals surface area (Å²) in [7, 11) is -10.5. The molecule has 5 aliphatic carbocycles.